The lowest BCUT2D eigenvalue weighted by atomic mass is 10.1. The van der Waals surface area contributed by atoms with Crippen LogP contribution < -0.4 is 10.2 Å². The smallest absolute Gasteiger partial charge is 0.225 e. The van der Waals surface area contributed by atoms with Crippen molar-refractivity contribution in [3.63, 3.8) is 0 Å². The number of nitrogens with one attached hydrogen (secondary N) is 1. The quantitative estimate of drug-likeness (QED) is 0.857. The molecule has 0 unspecified atom stereocenters. The summed E-state index contributed by atoms with van der Waals surface area (Å²) in [4.78, 5) is 17.1. The number of carbonyl (C=O) groups excluding carboxylic acids is 1. The normalized spacial score (nSPS) is 22.8. The minimum atomic E-state index is 0.0559. The van der Waals surface area contributed by atoms with Crippen LogP contribution in [-0.4, -0.2) is 62.8 Å². The van der Waals surface area contributed by atoms with Crippen LogP contribution in [0.15, 0.2) is 24.3 Å². The van der Waals surface area contributed by atoms with Gasteiger partial charge in [-0.25, -0.2) is 0 Å². The van der Waals surface area contributed by atoms with E-state index in [1.807, 2.05) is 0 Å². The molecule has 0 saturated carbocycles. The number of hydrogen-bond donors (Lipinski definition) is 1. The Morgan fingerprint density at radius 2 is 2.12 bits per heavy atom. The largest absolute Gasteiger partial charge is 0.381 e. The lowest BCUT2D eigenvalue weighted by molar-refractivity contribution is -0.125. The Balaban J connectivity index is 1.36. The number of rotatable bonds is 6. The van der Waals surface area contributed by atoms with Crippen molar-refractivity contribution in [1.29, 1.82) is 0 Å². The number of carbonyl (C=O) groups is 1. The maximum absolute atomic E-state index is 12.1. The van der Waals surface area contributed by atoms with Gasteiger partial charge in [0, 0.05) is 51.1 Å². The minimum absolute atomic E-state index is 0.0559. The number of amides is 1. The lowest BCUT2D eigenvalue weighted by Gasteiger charge is -2.36. The fourth-order valence-corrected chi connectivity index (χ4v) is 3.60. The summed E-state index contributed by atoms with van der Waals surface area (Å²) in [6.07, 6.45) is 1.86. The van der Waals surface area contributed by atoms with E-state index in [1.165, 1.54) is 11.3 Å². The van der Waals surface area contributed by atoms with Gasteiger partial charge in [-0.2, -0.15) is 0 Å². The van der Waals surface area contributed by atoms with Crippen LogP contribution in [0.4, 0.5) is 5.69 Å². The SMILES string of the molecule is Cc1cccc(N2CCN(CC[C@@H](C)NC(=O)[C@@H]3CCOC3)CC2)c1. The summed E-state index contributed by atoms with van der Waals surface area (Å²) in [7, 11) is 0. The monoisotopic (exact) mass is 345 g/mol. The van der Waals surface area contributed by atoms with Gasteiger partial charge in [0.05, 0.1) is 12.5 Å². The van der Waals surface area contributed by atoms with Crippen molar-refractivity contribution in [2.45, 2.75) is 32.7 Å². The Hall–Kier alpha value is -1.59. The molecule has 1 N–H and O–H groups in total. The molecule has 0 radical (unpaired) electrons. The molecule has 0 spiro atoms. The third-order valence-electron chi connectivity index (χ3n) is 5.31. The summed E-state index contributed by atoms with van der Waals surface area (Å²) in [5.74, 6) is 0.217. The Bertz CT molecular complexity index is 564. The number of benzene rings is 1. The fourth-order valence-electron chi connectivity index (χ4n) is 3.60. The molecule has 1 amide bonds. The number of piperazine rings is 1. The molecule has 0 aromatic heterocycles. The summed E-state index contributed by atoms with van der Waals surface area (Å²) < 4.78 is 5.30. The average Bonchev–Trinajstić information content (AvgIpc) is 3.15. The molecule has 2 fully saturated rings. The highest BCUT2D eigenvalue weighted by Crippen LogP contribution is 2.18. The maximum atomic E-state index is 12.1. The Morgan fingerprint density at radius 1 is 1.32 bits per heavy atom. The van der Waals surface area contributed by atoms with E-state index in [1.54, 1.807) is 0 Å². The first kappa shape index (κ1) is 18.2. The summed E-state index contributed by atoms with van der Waals surface area (Å²) in [5, 5.41) is 3.15. The molecule has 2 atom stereocenters. The summed E-state index contributed by atoms with van der Waals surface area (Å²) in [6.45, 7) is 10.9. The summed E-state index contributed by atoms with van der Waals surface area (Å²) >= 11 is 0. The van der Waals surface area contributed by atoms with Crippen LogP contribution in [0, 0.1) is 12.8 Å². The van der Waals surface area contributed by atoms with Gasteiger partial charge in [0.15, 0.2) is 0 Å². The predicted molar refractivity (Wildman–Crippen MR) is 101 cm³/mol. The highest BCUT2D eigenvalue weighted by molar-refractivity contribution is 5.79. The standard InChI is InChI=1S/C20H31N3O2/c1-16-4-3-5-19(14-16)23-11-9-22(10-12-23)8-6-17(2)21-20(24)18-7-13-25-15-18/h3-5,14,17-18H,6-13,15H2,1-2H3,(H,21,24)/t17-,18-/m1/s1. The molecule has 2 heterocycles. The second-order valence-corrected chi connectivity index (χ2v) is 7.43. The third-order valence-corrected chi connectivity index (χ3v) is 5.31. The van der Waals surface area contributed by atoms with Crippen LogP contribution in [-0.2, 0) is 9.53 Å². The van der Waals surface area contributed by atoms with Gasteiger partial charge < -0.3 is 15.0 Å². The number of hydrogen-bond acceptors (Lipinski definition) is 4. The molecule has 2 aliphatic rings. The first-order chi connectivity index (χ1) is 12.1. The topological polar surface area (TPSA) is 44.8 Å². The fraction of sp³-hybridized carbons (Fsp3) is 0.650. The van der Waals surface area contributed by atoms with Crippen molar-refractivity contribution in [2.24, 2.45) is 5.92 Å². The van der Waals surface area contributed by atoms with Gasteiger partial charge in [0.2, 0.25) is 5.91 Å². The Morgan fingerprint density at radius 3 is 2.80 bits per heavy atom. The first-order valence-electron chi connectivity index (χ1n) is 9.54. The molecule has 0 aliphatic carbocycles. The van der Waals surface area contributed by atoms with Crippen molar-refractivity contribution in [3.05, 3.63) is 29.8 Å². The second-order valence-electron chi connectivity index (χ2n) is 7.43. The van der Waals surface area contributed by atoms with Crippen molar-refractivity contribution in [1.82, 2.24) is 10.2 Å². The number of nitrogens with zero attached hydrogens (tertiary/aromatic N) is 2. The van der Waals surface area contributed by atoms with Crippen LogP contribution >= 0.6 is 0 Å². The molecule has 2 aliphatic heterocycles. The number of aryl methyl sites for hydroxylation is 1. The minimum Gasteiger partial charge on any atom is -0.381 e. The van der Waals surface area contributed by atoms with E-state index < -0.39 is 0 Å². The van der Waals surface area contributed by atoms with E-state index >= 15 is 0 Å². The van der Waals surface area contributed by atoms with E-state index in [4.69, 9.17) is 4.74 Å². The van der Waals surface area contributed by atoms with Crippen LogP contribution in [0.5, 0.6) is 0 Å². The molecule has 25 heavy (non-hydrogen) atoms. The molecule has 5 heteroatoms. The number of anilines is 1. The molecule has 1 aromatic carbocycles. The van der Waals surface area contributed by atoms with Gasteiger partial charge in [-0.15, -0.1) is 0 Å². The Kier molecular flexibility index (Phi) is 6.32. The van der Waals surface area contributed by atoms with E-state index in [2.05, 4.69) is 53.2 Å². The molecule has 3 rings (SSSR count). The zero-order valence-corrected chi connectivity index (χ0v) is 15.5. The van der Waals surface area contributed by atoms with E-state index in [0.717, 1.165) is 52.2 Å². The first-order valence-corrected chi connectivity index (χ1v) is 9.54. The van der Waals surface area contributed by atoms with Crippen LogP contribution in [0.1, 0.15) is 25.3 Å². The zero-order valence-electron chi connectivity index (χ0n) is 15.5. The van der Waals surface area contributed by atoms with Gasteiger partial charge >= 0.3 is 0 Å². The van der Waals surface area contributed by atoms with Crippen molar-refractivity contribution in [2.75, 3.05) is 50.8 Å². The van der Waals surface area contributed by atoms with E-state index in [9.17, 15) is 4.79 Å². The summed E-state index contributed by atoms with van der Waals surface area (Å²) in [6, 6.07) is 8.97. The molecule has 0 bridgehead atoms. The molecule has 5 nitrogen and oxygen atoms in total. The second kappa shape index (κ2) is 8.68. The van der Waals surface area contributed by atoms with Crippen molar-refractivity contribution >= 4 is 11.6 Å². The van der Waals surface area contributed by atoms with Crippen molar-refractivity contribution < 1.29 is 9.53 Å². The van der Waals surface area contributed by atoms with Crippen LogP contribution in [0.2, 0.25) is 0 Å². The number of ether oxygens (including phenoxy) is 1. The van der Waals surface area contributed by atoms with E-state index in [0.29, 0.717) is 6.61 Å². The van der Waals surface area contributed by atoms with Crippen molar-refractivity contribution in [3.8, 4) is 0 Å². The summed E-state index contributed by atoms with van der Waals surface area (Å²) in [5.41, 5.74) is 2.65. The van der Waals surface area contributed by atoms with Gasteiger partial charge in [0.25, 0.3) is 0 Å². The van der Waals surface area contributed by atoms with Gasteiger partial charge in [-0.3, -0.25) is 9.69 Å². The van der Waals surface area contributed by atoms with Gasteiger partial charge in [-0.05, 0) is 44.4 Å². The predicted octanol–water partition coefficient (Wildman–Crippen LogP) is 2.05. The molecule has 138 valence electrons. The zero-order chi connectivity index (χ0) is 17.6. The van der Waals surface area contributed by atoms with Crippen LogP contribution in [0.3, 0.4) is 0 Å². The lowest BCUT2D eigenvalue weighted by Crippen LogP contribution is -2.48. The Labute approximate surface area is 151 Å². The van der Waals surface area contributed by atoms with Crippen LogP contribution in [0.25, 0.3) is 0 Å². The highest BCUT2D eigenvalue weighted by Gasteiger charge is 2.24. The average molecular weight is 345 g/mol. The molecule has 1 aromatic rings. The van der Waals surface area contributed by atoms with E-state index in [-0.39, 0.29) is 17.9 Å². The molecular formula is C20H31N3O2. The highest BCUT2D eigenvalue weighted by atomic mass is 16.5. The third kappa shape index (κ3) is 5.19. The van der Waals surface area contributed by atoms with Gasteiger partial charge in [0.1, 0.15) is 0 Å². The maximum Gasteiger partial charge on any atom is 0.225 e. The van der Waals surface area contributed by atoms with Gasteiger partial charge in [-0.1, -0.05) is 12.1 Å². The molecular weight excluding hydrogens is 314 g/mol. The molecule has 2 saturated heterocycles.